The number of rotatable bonds is 4. The number of nitrogens with two attached hydrogens (primary N) is 1. The van der Waals surface area contributed by atoms with Crippen LogP contribution in [-0.2, 0) is 10.0 Å². The summed E-state index contributed by atoms with van der Waals surface area (Å²) in [7, 11) is -3.62. The van der Waals surface area contributed by atoms with E-state index in [4.69, 9.17) is 5.73 Å². The molecule has 3 N–H and O–H groups in total. The molecule has 0 radical (unpaired) electrons. The maximum Gasteiger partial charge on any atom is 0.251 e. The first kappa shape index (κ1) is 16.1. The minimum atomic E-state index is -3.62. The van der Waals surface area contributed by atoms with Crippen molar-refractivity contribution < 1.29 is 13.2 Å². The number of amides is 1. The Morgan fingerprint density at radius 2 is 2.00 bits per heavy atom. The lowest BCUT2D eigenvalue weighted by Gasteiger charge is -2.47. The van der Waals surface area contributed by atoms with E-state index >= 15 is 0 Å². The van der Waals surface area contributed by atoms with Crippen molar-refractivity contribution in [3.63, 3.8) is 0 Å². The minimum Gasteiger partial charge on any atom is -0.349 e. The van der Waals surface area contributed by atoms with Gasteiger partial charge in [-0.05, 0) is 56.2 Å². The molecule has 3 atom stereocenters. The standard InChI is InChI=1S/C17H23N3O3S/c18-15-8-11-4-7-16(15)20(10-11)24(22,23)14-3-1-2-12(9-14)17(21)19-13-5-6-13/h1-3,9,11,13,15-16H,4-8,10,18H2,(H,19,21). The van der Waals surface area contributed by atoms with Gasteiger partial charge in [0, 0.05) is 30.2 Å². The van der Waals surface area contributed by atoms with Gasteiger partial charge in [-0.25, -0.2) is 8.42 Å². The normalized spacial score (nSPS) is 30.3. The molecule has 0 aromatic heterocycles. The monoisotopic (exact) mass is 349 g/mol. The second-order valence-electron chi connectivity index (χ2n) is 7.26. The number of hydrogen-bond donors (Lipinski definition) is 2. The fourth-order valence-corrected chi connectivity index (χ4v) is 5.72. The molecule has 3 unspecified atom stereocenters. The zero-order chi connectivity index (χ0) is 16.9. The maximum absolute atomic E-state index is 13.1. The van der Waals surface area contributed by atoms with E-state index in [1.54, 1.807) is 22.5 Å². The van der Waals surface area contributed by atoms with Crippen molar-refractivity contribution in [2.45, 2.75) is 55.1 Å². The average Bonchev–Trinajstić information content (AvgIpc) is 3.39. The van der Waals surface area contributed by atoms with Crippen LogP contribution in [0.5, 0.6) is 0 Å². The summed E-state index contributed by atoms with van der Waals surface area (Å²) in [5.74, 6) is 0.146. The van der Waals surface area contributed by atoms with Crippen LogP contribution >= 0.6 is 0 Å². The molecule has 6 nitrogen and oxygen atoms in total. The third-order valence-corrected chi connectivity index (χ3v) is 7.28. The Morgan fingerprint density at radius 1 is 1.21 bits per heavy atom. The predicted molar refractivity (Wildman–Crippen MR) is 89.9 cm³/mol. The lowest BCUT2D eigenvalue weighted by atomic mass is 9.78. The lowest BCUT2D eigenvalue weighted by molar-refractivity contribution is 0.0950. The third-order valence-electron chi connectivity index (χ3n) is 5.39. The zero-order valence-corrected chi connectivity index (χ0v) is 14.3. The van der Waals surface area contributed by atoms with Gasteiger partial charge in [0.2, 0.25) is 10.0 Å². The van der Waals surface area contributed by atoms with Gasteiger partial charge >= 0.3 is 0 Å². The van der Waals surface area contributed by atoms with E-state index in [-0.39, 0.29) is 28.9 Å². The number of hydrogen-bond acceptors (Lipinski definition) is 4. The Hall–Kier alpha value is -1.44. The van der Waals surface area contributed by atoms with Crippen molar-refractivity contribution >= 4 is 15.9 Å². The van der Waals surface area contributed by atoms with Gasteiger partial charge in [-0.3, -0.25) is 4.79 Å². The molecule has 7 heteroatoms. The van der Waals surface area contributed by atoms with Crippen LogP contribution in [0.1, 0.15) is 42.5 Å². The third kappa shape index (κ3) is 2.85. The second-order valence-corrected chi connectivity index (χ2v) is 9.15. The molecule has 130 valence electrons. The van der Waals surface area contributed by atoms with Crippen LogP contribution in [0.4, 0.5) is 0 Å². The van der Waals surface area contributed by atoms with Gasteiger partial charge in [-0.15, -0.1) is 0 Å². The molecule has 5 rings (SSSR count). The van der Waals surface area contributed by atoms with Gasteiger partial charge in [-0.2, -0.15) is 4.31 Å². The Kier molecular flexibility index (Phi) is 3.89. The van der Waals surface area contributed by atoms with Crippen molar-refractivity contribution in [3.8, 4) is 0 Å². The van der Waals surface area contributed by atoms with E-state index in [0.29, 0.717) is 18.0 Å². The molecule has 0 spiro atoms. The summed E-state index contributed by atoms with van der Waals surface area (Å²) in [6.45, 7) is 0.541. The van der Waals surface area contributed by atoms with E-state index in [0.717, 1.165) is 32.1 Å². The van der Waals surface area contributed by atoms with Gasteiger partial charge < -0.3 is 11.1 Å². The molecule has 1 amide bonds. The number of piperidine rings is 2. The highest BCUT2D eigenvalue weighted by Gasteiger charge is 2.44. The molecule has 4 fully saturated rings. The maximum atomic E-state index is 13.1. The molecule has 2 saturated carbocycles. The number of carbonyl (C=O) groups excluding carboxylic acids is 1. The average molecular weight is 349 g/mol. The molecule has 2 heterocycles. The zero-order valence-electron chi connectivity index (χ0n) is 13.5. The lowest BCUT2D eigenvalue weighted by Crippen LogP contribution is -2.60. The largest absolute Gasteiger partial charge is 0.349 e. The molecule has 2 aliphatic heterocycles. The number of nitrogens with one attached hydrogen (secondary N) is 1. The van der Waals surface area contributed by atoms with E-state index < -0.39 is 10.0 Å². The number of sulfonamides is 1. The highest BCUT2D eigenvalue weighted by Crippen LogP contribution is 2.37. The first-order chi connectivity index (χ1) is 11.4. The van der Waals surface area contributed by atoms with Crippen LogP contribution in [-0.4, -0.2) is 43.3 Å². The quantitative estimate of drug-likeness (QED) is 0.851. The SMILES string of the molecule is NC1CC2CCC1N(S(=O)(=O)c1cccc(C(=O)NC3CC3)c1)C2. The number of fused-ring (bicyclic) bond motifs is 3. The summed E-state index contributed by atoms with van der Waals surface area (Å²) in [6, 6.07) is 6.38. The van der Waals surface area contributed by atoms with Gasteiger partial charge in [-0.1, -0.05) is 6.07 Å². The van der Waals surface area contributed by atoms with E-state index in [9.17, 15) is 13.2 Å². The van der Waals surface area contributed by atoms with Crippen LogP contribution in [0.2, 0.25) is 0 Å². The highest BCUT2D eigenvalue weighted by molar-refractivity contribution is 7.89. The van der Waals surface area contributed by atoms with Crippen LogP contribution < -0.4 is 11.1 Å². The Labute approximate surface area is 142 Å². The van der Waals surface area contributed by atoms with Gasteiger partial charge in [0.15, 0.2) is 0 Å². The van der Waals surface area contributed by atoms with Gasteiger partial charge in [0.1, 0.15) is 0 Å². The van der Waals surface area contributed by atoms with Gasteiger partial charge in [0.25, 0.3) is 5.91 Å². The Bertz CT molecular complexity index is 760. The molecule has 4 aliphatic rings. The smallest absolute Gasteiger partial charge is 0.251 e. The molecule has 24 heavy (non-hydrogen) atoms. The van der Waals surface area contributed by atoms with Gasteiger partial charge in [0.05, 0.1) is 4.90 Å². The first-order valence-electron chi connectivity index (χ1n) is 8.63. The van der Waals surface area contributed by atoms with Crippen LogP contribution in [0.3, 0.4) is 0 Å². The summed E-state index contributed by atoms with van der Waals surface area (Å²) >= 11 is 0. The topological polar surface area (TPSA) is 92.5 Å². The molecule has 1 aromatic carbocycles. The number of benzene rings is 1. The summed E-state index contributed by atoms with van der Waals surface area (Å²) in [6.07, 6.45) is 4.78. The fraction of sp³-hybridized carbons (Fsp3) is 0.588. The van der Waals surface area contributed by atoms with Crippen molar-refractivity contribution in [3.05, 3.63) is 29.8 Å². The predicted octanol–water partition coefficient (Wildman–Crippen LogP) is 1.08. The second kappa shape index (κ2) is 5.82. The summed E-state index contributed by atoms with van der Waals surface area (Å²) in [5.41, 5.74) is 6.55. The molecule has 2 aliphatic carbocycles. The van der Waals surface area contributed by atoms with Crippen LogP contribution in [0.15, 0.2) is 29.2 Å². The Balaban J connectivity index is 1.61. The first-order valence-corrected chi connectivity index (χ1v) is 10.1. The van der Waals surface area contributed by atoms with Crippen LogP contribution in [0.25, 0.3) is 0 Å². The Morgan fingerprint density at radius 3 is 2.67 bits per heavy atom. The van der Waals surface area contributed by atoms with E-state index in [2.05, 4.69) is 5.32 Å². The molecular formula is C17H23N3O3S. The van der Waals surface area contributed by atoms with Crippen LogP contribution in [0, 0.1) is 5.92 Å². The molecule has 2 bridgehead atoms. The highest BCUT2D eigenvalue weighted by atomic mass is 32.2. The van der Waals surface area contributed by atoms with E-state index in [1.807, 2.05) is 0 Å². The summed E-state index contributed by atoms with van der Waals surface area (Å²) in [4.78, 5) is 12.4. The van der Waals surface area contributed by atoms with E-state index in [1.165, 1.54) is 6.07 Å². The van der Waals surface area contributed by atoms with Crippen molar-refractivity contribution in [2.24, 2.45) is 11.7 Å². The molecule has 2 saturated heterocycles. The minimum absolute atomic E-state index is 0.0892. The van der Waals surface area contributed by atoms with Crippen molar-refractivity contribution in [1.82, 2.24) is 9.62 Å². The molecule has 1 aromatic rings. The summed E-state index contributed by atoms with van der Waals surface area (Å²) < 4.78 is 27.7. The fourth-order valence-electron chi connectivity index (χ4n) is 3.90. The molecular weight excluding hydrogens is 326 g/mol. The van der Waals surface area contributed by atoms with Crippen molar-refractivity contribution in [2.75, 3.05) is 6.54 Å². The number of carbonyl (C=O) groups is 1. The number of nitrogens with zero attached hydrogens (tertiary/aromatic N) is 1. The van der Waals surface area contributed by atoms with Crippen molar-refractivity contribution in [1.29, 1.82) is 0 Å². The summed E-state index contributed by atoms with van der Waals surface area (Å²) in [5, 5.41) is 2.90.